The predicted octanol–water partition coefficient (Wildman–Crippen LogP) is 4.55. The Balaban J connectivity index is 2.23. The van der Waals surface area contributed by atoms with Gasteiger partial charge < -0.3 is 8.80 Å². The zero-order valence-electron chi connectivity index (χ0n) is 11.5. The van der Waals surface area contributed by atoms with E-state index >= 15 is 0 Å². The van der Waals surface area contributed by atoms with Crippen LogP contribution in [0.4, 0.5) is 0 Å². The highest BCUT2D eigenvalue weighted by molar-refractivity contribution is 6.21. The van der Waals surface area contributed by atoms with Gasteiger partial charge in [-0.3, -0.25) is 0 Å². The number of rotatable bonds is 0. The van der Waals surface area contributed by atoms with Gasteiger partial charge in [0.2, 0.25) is 0 Å². The van der Waals surface area contributed by atoms with E-state index in [1.165, 1.54) is 44.0 Å². The third-order valence-corrected chi connectivity index (χ3v) is 4.41. The molecule has 0 amide bonds. The van der Waals surface area contributed by atoms with Gasteiger partial charge in [-0.15, -0.1) is 0 Å². The topological polar surface area (TPSA) is 8.82 Å². The first-order chi connectivity index (χ1) is 9.74. The van der Waals surface area contributed by atoms with E-state index in [0.717, 1.165) is 0 Å². The quantitative estimate of drug-likeness (QED) is 0.385. The molecule has 2 nitrogen and oxygen atoms in total. The maximum Gasteiger partial charge on any atom is 0.130 e. The first-order valence-corrected chi connectivity index (χ1v) is 6.97. The van der Waals surface area contributed by atoms with Gasteiger partial charge in [0.15, 0.2) is 0 Å². The lowest BCUT2D eigenvalue weighted by Gasteiger charge is -1.97. The summed E-state index contributed by atoms with van der Waals surface area (Å²) in [4.78, 5) is 0. The Hall–Kier alpha value is -2.48. The molecule has 0 aliphatic carbocycles. The van der Waals surface area contributed by atoms with Crippen molar-refractivity contribution in [2.45, 2.75) is 13.8 Å². The number of benzene rings is 2. The van der Waals surface area contributed by atoms with Crippen molar-refractivity contribution in [2.75, 3.05) is 0 Å². The Morgan fingerprint density at radius 3 is 1.70 bits per heavy atom. The van der Waals surface area contributed by atoms with Gasteiger partial charge in [-0.25, -0.2) is 0 Å². The van der Waals surface area contributed by atoms with Crippen LogP contribution in [-0.4, -0.2) is 8.80 Å². The summed E-state index contributed by atoms with van der Waals surface area (Å²) >= 11 is 0. The summed E-state index contributed by atoms with van der Waals surface area (Å²) in [6.07, 6.45) is 4.33. The van der Waals surface area contributed by atoms with Crippen LogP contribution in [0.2, 0.25) is 0 Å². The van der Waals surface area contributed by atoms with E-state index < -0.39 is 0 Å². The van der Waals surface area contributed by atoms with Crippen molar-refractivity contribution in [3.05, 3.63) is 59.9 Å². The first-order valence-electron chi connectivity index (χ1n) is 6.97. The molecule has 0 aliphatic heterocycles. The average molecular weight is 258 g/mol. The molecular weight excluding hydrogens is 244 g/mol. The summed E-state index contributed by atoms with van der Waals surface area (Å²) in [6, 6.07) is 13.4. The fraction of sp³-hybridized carbons (Fsp3) is 0.111. The van der Waals surface area contributed by atoms with Crippen LogP contribution in [0.1, 0.15) is 11.1 Å². The van der Waals surface area contributed by atoms with E-state index in [-0.39, 0.29) is 0 Å². The smallest absolute Gasteiger partial charge is 0.130 e. The maximum absolute atomic E-state index is 2.30. The zero-order chi connectivity index (χ0) is 13.4. The van der Waals surface area contributed by atoms with Crippen LogP contribution in [0, 0.1) is 13.8 Å². The summed E-state index contributed by atoms with van der Waals surface area (Å²) in [6.45, 7) is 4.32. The van der Waals surface area contributed by atoms with Crippen LogP contribution in [0.25, 0.3) is 32.8 Å². The standard InChI is InChI=1S/C18H14N2/c1-11-3-5-15-13(9-11)17-14-10-12(2)4-6-16(14)20-8-7-19(15)18(17)20/h3-10H,1-2H3. The van der Waals surface area contributed by atoms with Crippen LogP contribution < -0.4 is 0 Å². The van der Waals surface area contributed by atoms with Crippen molar-refractivity contribution in [1.29, 1.82) is 0 Å². The number of imidazole rings is 1. The van der Waals surface area contributed by atoms with Crippen LogP contribution in [-0.2, 0) is 0 Å². The Kier molecular flexibility index (Phi) is 1.63. The SMILES string of the molecule is Cc1ccc2c(c1)c1c3cc(C)ccc3n3ccn2c13. The highest BCUT2D eigenvalue weighted by Gasteiger charge is 2.17. The summed E-state index contributed by atoms with van der Waals surface area (Å²) < 4.78 is 4.61. The number of aryl methyl sites for hydroxylation is 2. The molecule has 96 valence electrons. The molecule has 5 aromatic rings. The molecule has 0 fully saturated rings. The fourth-order valence-electron chi connectivity index (χ4n) is 3.53. The molecule has 2 aromatic carbocycles. The van der Waals surface area contributed by atoms with Crippen LogP contribution in [0.15, 0.2) is 48.8 Å². The molecule has 0 atom stereocenters. The molecule has 20 heavy (non-hydrogen) atoms. The van der Waals surface area contributed by atoms with E-state index in [1.54, 1.807) is 0 Å². The summed E-state index contributed by atoms with van der Waals surface area (Å²) in [5.74, 6) is 0. The largest absolute Gasteiger partial charge is 0.300 e. The van der Waals surface area contributed by atoms with Gasteiger partial charge in [-0.1, -0.05) is 23.3 Å². The molecule has 0 N–H and O–H groups in total. The minimum absolute atomic E-state index is 1.30. The third-order valence-electron chi connectivity index (χ3n) is 4.41. The molecular formula is C18H14N2. The highest BCUT2D eigenvalue weighted by Crippen LogP contribution is 2.37. The molecule has 0 bridgehead atoms. The second-order valence-electron chi connectivity index (χ2n) is 5.78. The minimum Gasteiger partial charge on any atom is -0.300 e. The van der Waals surface area contributed by atoms with Gasteiger partial charge in [0.25, 0.3) is 0 Å². The first kappa shape index (κ1) is 10.3. The maximum atomic E-state index is 2.30. The predicted molar refractivity (Wildman–Crippen MR) is 84.0 cm³/mol. The number of aromatic nitrogens is 2. The van der Waals surface area contributed by atoms with Gasteiger partial charge in [0, 0.05) is 28.6 Å². The number of hydrogen-bond donors (Lipinski definition) is 0. The van der Waals surface area contributed by atoms with Gasteiger partial charge in [-0.05, 0) is 38.1 Å². The van der Waals surface area contributed by atoms with E-state index in [4.69, 9.17) is 0 Å². The van der Waals surface area contributed by atoms with E-state index in [9.17, 15) is 0 Å². The molecule has 0 saturated carbocycles. The van der Waals surface area contributed by atoms with E-state index in [2.05, 4.69) is 71.4 Å². The molecule has 0 spiro atoms. The Morgan fingerprint density at radius 2 is 1.20 bits per heavy atom. The van der Waals surface area contributed by atoms with Gasteiger partial charge in [0.05, 0.1) is 11.0 Å². The molecule has 0 unspecified atom stereocenters. The van der Waals surface area contributed by atoms with Crippen molar-refractivity contribution < 1.29 is 0 Å². The van der Waals surface area contributed by atoms with Crippen LogP contribution in [0.5, 0.6) is 0 Å². The molecule has 0 radical (unpaired) electrons. The van der Waals surface area contributed by atoms with Crippen molar-refractivity contribution in [2.24, 2.45) is 0 Å². The lowest BCUT2D eigenvalue weighted by atomic mass is 10.1. The van der Waals surface area contributed by atoms with Crippen molar-refractivity contribution in [1.82, 2.24) is 8.80 Å². The number of fused-ring (bicyclic) bond motifs is 6. The Labute approximate surface area is 116 Å². The second-order valence-corrected chi connectivity index (χ2v) is 5.78. The number of hydrogen-bond acceptors (Lipinski definition) is 0. The average Bonchev–Trinajstić information content (AvgIpc) is 3.04. The van der Waals surface area contributed by atoms with Crippen LogP contribution >= 0.6 is 0 Å². The van der Waals surface area contributed by atoms with Gasteiger partial charge in [0.1, 0.15) is 5.65 Å². The van der Waals surface area contributed by atoms with Crippen molar-refractivity contribution in [3.8, 4) is 0 Å². The lowest BCUT2D eigenvalue weighted by molar-refractivity contribution is 1.25. The lowest BCUT2D eigenvalue weighted by Crippen LogP contribution is -1.80. The zero-order valence-corrected chi connectivity index (χ0v) is 11.5. The Morgan fingerprint density at radius 1 is 0.700 bits per heavy atom. The number of nitrogens with zero attached hydrogens (tertiary/aromatic N) is 2. The summed E-state index contributed by atoms with van der Waals surface area (Å²) in [5.41, 5.74) is 6.52. The molecule has 3 aromatic heterocycles. The van der Waals surface area contributed by atoms with E-state index in [1.807, 2.05) is 0 Å². The normalized spacial score (nSPS) is 12.5. The fourth-order valence-corrected chi connectivity index (χ4v) is 3.53. The summed E-state index contributed by atoms with van der Waals surface area (Å²) in [5, 5.41) is 4.10. The molecule has 3 heterocycles. The molecule has 0 aliphatic rings. The third kappa shape index (κ3) is 1.02. The van der Waals surface area contributed by atoms with Crippen molar-refractivity contribution >= 4 is 32.8 Å². The van der Waals surface area contributed by atoms with E-state index in [0.29, 0.717) is 0 Å². The van der Waals surface area contributed by atoms with Gasteiger partial charge >= 0.3 is 0 Å². The molecule has 0 saturated heterocycles. The van der Waals surface area contributed by atoms with Gasteiger partial charge in [-0.2, -0.15) is 0 Å². The molecule has 2 heteroatoms. The Bertz CT molecular complexity index is 1020. The van der Waals surface area contributed by atoms with Crippen LogP contribution in [0.3, 0.4) is 0 Å². The van der Waals surface area contributed by atoms with Crippen molar-refractivity contribution in [3.63, 3.8) is 0 Å². The summed E-state index contributed by atoms with van der Waals surface area (Å²) in [7, 11) is 0. The monoisotopic (exact) mass is 258 g/mol. The molecule has 5 rings (SSSR count). The highest BCUT2D eigenvalue weighted by atomic mass is 15.1. The second kappa shape index (κ2) is 3.15. The minimum atomic E-state index is 1.30.